The highest BCUT2D eigenvalue weighted by Crippen LogP contribution is 2.19. The molecule has 0 amide bonds. The van der Waals surface area contributed by atoms with E-state index in [0.29, 0.717) is 13.0 Å². The Bertz CT molecular complexity index is 115. The van der Waals surface area contributed by atoms with Crippen LogP contribution in [0.4, 0.5) is 0 Å². The molecule has 1 heterocycles. The number of hydrogen-bond acceptors (Lipinski definition) is 3. The zero-order valence-electron chi connectivity index (χ0n) is 7.82. The van der Waals surface area contributed by atoms with Crippen LogP contribution in [-0.2, 0) is 9.47 Å². The van der Waals surface area contributed by atoms with Gasteiger partial charge in [-0.3, -0.25) is 0 Å². The van der Waals surface area contributed by atoms with E-state index in [9.17, 15) is 5.11 Å². The molecule has 0 aromatic carbocycles. The lowest BCUT2D eigenvalue weighted by atomic mass is 10.1. The fourth-order valence-electron chi connectivity index (χ4n) is 1.44. The summed E-state index contributed by atoms with van der Waals surface area (Å²) in [5, 5.41) is 9.44. The predicted octanol–water partition coefficient (Wildman–Crippen LogP) is 1.30. The van der Waals surface area contributed by atoms with E-state index in [1.807, 2.05) is 13.8 Å². The molecule has 12 heavy (non-hydrogen) atoms. The topological polar surface area (TPSA) is 38.7 Å². The fraction of sp³-hybridized carbons (Fsp3) is 1.00. The molecule has 3 nitrogen and oxygen atoms in total. The van der Waals surface area contributed by atoms with E-state index < -0.39 is 0 Å². The molecule has 0 aliphatic carbocycles. The van der Waals surface area contributed by atoms with E-state index in [0.717, 1.165) is 12.8 Å². The summed E-state index contributed by atoms with van der Waals surface area (Å²) in [6.07, 6.45) is 2.10. The van der Waals surface area contributed by atoms with E-state index in [1.54, 1.807) is 0 Å². The molecule has 1 aliphatic rings. The molecule has 0 aromatic rings. The van der Waals surface area contributed by atoms with Crippen molar-refractivity contribution >= 4 is 0 Å². The zero-order chi connectivity index (χ0) is 8.97. The Hall–Kier alpha value is -0.120. The van der Waals surface area contributed by atoms with Gasteiger partial charge in [-0.15, -0.1) is 0 Å². The number of aliphatic hydroxyl groups excluding tert-OH is 1. The Balaban J connectivity index is 2.38. The number of hydrogen-bond donors (Lipinski definition) is 1. The molecule has 0 saturated carbocycles. The third-order valence-corrected chi connectivity index (χ3v) is 2.11. The summed E-state index contributed by atoms with van der Waals surface area (Å²) in [5.41, 5.74) is 0. The van der Waals surface area contributed by atoms with Crippen LogP contribution in [0, 0.1) is 0 Å². The van der Waals surface area contributed by atoms with Crippen LogP contribution in [0.3, 0.4) is 0 Å². The first kappa shape index (κ1) is 9.96. The van der Waals surface area contributed by atoms with E-state index in [1.165, 1.54) is 0 Å². The molecule has 72 valence electrons. The predicted molar refractivity (Wildman–Crippen MR) is 45.8 cm³/mol. The molecule has 1 rings (SSSR count). The smallest absolute Gasteiger partial charge is 0.160 e. The van der Waals surface area contributed by atoms with Crippen LogP contribution in [0.25, 0.3) is 0 Å². The highest BCUT2D eigenvalue weighted by Gasteiger charge is 2.22. The molecule has 0 aromatic heterocycles. The van der Waals surface area contributed by atoms with Crippen molar-refractivity contribution in [1.29, 1.82) is 0 Å². The quantitative estimate of drug-likeness (QED) is 0.685. The Morgan fingerprint density at radius 1 is 1.50 bits per heavy atom. The lowest BCUT2D eigenvalue weighted by molar-refractivity contribution is -0.167. The molecular formula is C9H18O3. The molecule has 3 heteroatoms. The minimum Gasteiger partial charge on any atom is -0.393 e. The summed E-state index contributed by atoms with van der Waals surface area (Å²) in [4.78, 5) is 0. The van der Waals surface area contributed by atoms with Crippen LogP contribution < -0.4 is 0 Å². The molecule has 0 radical (unpaired) electrons. The van der Waals surface area contributed by atoms with Crippen molar-refractivity contribution in [3.63, 3.8) is 0 Å². The Kier molecular flexibility index (Phi) is 3.98. The van der Waals surface area contributed by atoms with Crippen LogP contribution in [0.15, 0.2) is 0 Å². The van der Waals surface area contributed by atoms with Gasteiger partial charge in [0.05, 0.1) is 12.2 Å². The van der Waals surface area contributed by atoms with Gasteiger partial charge in [0.25, 0.3) is 0 Å². The van der Waals surface area contributed by atoms with Crippen molar-refractivity contribution in [2.75, 3.05) is 6.61 Å². The van der Waals surface area contributed by atoms with Crippen molar-refractivity contribution in [2.45, 2.75) is 51.6 Å². The van der Waals surface area contributed by atoms with Crippen molar-refractivity contribution < 1.29 is 14.6 Å². The van der Waals surface area contributed by atoms with E-state index in [4.69, 9.17) is 9.47 Å². The molecule has 1 aliphatic heterocycles. The van der Waals surface area contributed by atoms with Crippen LogP contribution in [0.5, 0.6) is 0 Å². The minimum absolute atomic E-state index is 0.206. The molecule has 1 fully saturated rings. The van der Waals surface area contributed by atoms with Gasteiger partial charge in [-0.25, -0.2) is 0 Å². The maximum atomic E-state index is 9.44. The molecular weight excluding hydrogens is 156 g/mol. The summed E-state index contributed by atoms with van der Waals surface area (Å²) in [7, 11) is 0. The average Bonchev–Trinajstić information content (AvgIpc) is 2.14. The molecule has 0 bridgehead atoms. The van der Waals surface area contributed by atoms with Gasteiger partial charge in [0.1, 0.15) is 0 Å². The highest BCUT2D eigenvalue weighted by atomic mass is 16.7. The number of aliphatic hydroxyl groups is 1. The highest BCUT2D eigenvalue weighted by molar-refractivity contribution is 4.67. The normalized spacial score (nSPS) is 37.8. The second-order valence-electron chi connectivity index (χ2n) is 3.30. The first-order valence-electron chi connectivity index (χ1n) is 4.67. The van der Waals surface area contributed by atoms with Crippen molar-refractivity contribution in [3.8, 4) is 0 Å². The maximum Gasteiger partial charge on any atom is 0.160 e. The second kappa shape index (κ2) is 4.80. The van der Waals surface area contributed by atoms with Gasteiger partial charge in [-0.2, -0.15) is 0 Å². The summed E-state index contributed by atoms with van der Waals surface area (Å²) in [5.74, 6) is 0. The van der Waals surface area contributed by atoms with Crippen LogP contribution in [0.2, 0.25) is 0 Å². The SMILES string of the molecule is CCO[C@@H]1CC(O)CCC(C)O1. The molecule has 3 atom stereocenters. The van der Waals surface area contributed by atoms with E-state index in [-0.39, 0.29) is 18.5 Å². The van der Waals surface area contributed by atoms with Gasteiger partial charge in [0.2, 0.25) is 0 Å². The summed E-state index contributed by atoms with van der Waals surface area (Å²) < 4.78 is 10.9. The van der Waals surface area contributed by atoms with E-state index in [2.05, 4.69) is 0 Å². The molecule has 2 unspecified atom stereocenters. The molecule has 1 N–H and O–H groups in total. The summed E-state index contributed by atoms with van der Waals surface area (Å²) >= 11 is 0. The monoisotopic (exact) mass is 174 g/mol. The Morgan fingerprint density at radius 3 is 2.92 bits per heavy atom. The third kappa shape index (κ3) is 3.09. The first-order valence-corrected chi connectivity index (χ1v) is 4.67. The average molecular weight is 174 g/mol. The second-order valence-corrected chi connectivity index (χ2v) is 3.30. The van der Waals surface area contributed by atoms with Crippen molar-refractivity contribution in [2.24, 2.45) is 0 Å². The fourth-order valence-corrected chi connectivity index (χ4v) is 1.44. The van der Waals surface area contributed by atoms with Crippen molar-refractivity contribution in [1.82, 2.24) is 0 Å². The van der Waals surface area contributed by atoms with Crippen molar-refractivity contribution in [3.05, 3.63) is 0 Å². The van der Waals surface area contributed by atoms with Crippen LogP contribution in [0.1, 0.15) is 33.1 Å². The molecule has 0 spiro atoms. The zero-order valence-corrected chi connectivity index (χ0v) is 7.82. The van der Waals surface area contributed by atoms with Gasteiger partial charge in [0.15, 0.2) is 6.29 Å². The largest absolute Gasteiger partial charge is 0.393 e. The number of rotatable bonds is 2. The third-order valence-electron chi connectivity index (χ3n) is 2.11. The molecule has 1 saturated heterocycles. The van der Waals surface area contributed by atoms with Gasteiger partial charge < -0.3 is 14.6 Å². The number of ether oxygens (including phenoxy) is 2. The Labute approximate surface area is 73.7 Å². The maximum absolute atomic E-state index is 9.44. The van der Waals surface area contributed by atoms with Gasteiger partial charge in [0, 0.05) is 13.0 Å². The summed E-state index contributed by atoms with van der Waals surface area (Å²) in [6.45, 7) is 4.60. The van der Waals surface area contributed by atoms with E-state index >= 15 is 0 Å². The summed E-state index contributed by atoms with van der Waals surface area (Å²) in [6, 6.07) is 0. The van der Waals surface area contributed by atoms with Crippen LogP contribution in [-0.4, -0.2) is 30.2 Å². The lowest BCUT2D eigenvalue weighted by Crippen LogP contribution is -2.22. The van der Waals surface area contributed by atoms with Crippen LogP contribution >= 0.6 is 0 Å². The van der Waals surface area contributed by atoms with Gasteiger partial charge >= 0.3 is 0 Å². The lowest BCUT2D eigenvalue weighted by Gasteiger charge is -2.18. The minimum atomic E-state index is -0.258. The Morgan fingerprint density at radius 2 is 2.25 bits per heavy atom. The standard InChI is InChI=1S/C9H18O3/c1-3-11-9-6-8(10)5-4-7(2)12-9/h7-10H,3-6H2,1-2H3/t7?,8?,9-/m0/s1. The van der Waals surface area contributed by atoms with Gasteiger partial charge in [-0.1, -0.05) is 0 Å². The first-order chi connectivity index (χ1) is 5.72. The van der Waals surface area contributed by atoms with Gasteiger partial charge in [-0.05, 0) is 26.7 Å².